The van der Waals surface area contributed by atoms with E-state index in [1.165, 1.54) is 6.42 Å². The average Bonchev–Trinajstić information content (AvgIpc) is 3.24. The first-order chi connectivity index (χ1) is 9.58. The molecule has 0 N–H and O–H groups in total. The maximum atomic E-state index is 12.5. The Morgan fingerprint density at radius 2 is 2.15 bits per heavy atom. The van der Waals surface area contributed by atoms with Gasteiger partial charge in [-0.15, -0.1) is 0 Å². The van der Waals surface area contributed by atoms with Crippen LogP contribution in [0.5, 0.6) is 0 Å². The minimum atomic E-state index is 0.127. The first-order valence-electron chi connectivity index (χ1n) is 7.76. The van der Waals surface area contributed by atoms with Gasteiger partial charge in [-0.1, -0.05) is 0 Å². The second-order valence-electron chi connectivity index (χ2n) is 6.91. The second-order valence-corrected chi connectivity index (χ2v) is 6.91. The summed E-state index contributed by atoms with van der Waals surface area (Å²) in [4.78, 5) is 19.0. The molecule has 20 heavy (non-hydrogen) atoms. The fourth-order valence-corrected chi connectivity index (χ4v) is 3.74. The van der Waals surface area contributed by atoms with Gasteiger partial charge in [0.05, 0.1) is 5.41 Å². The highest BCUT2D eigenvalue weighted by Crippen LogP contribution is 2.76. The van der Waals surface area contributed by atoms with Crippen LogP contribution in [0.15, 0.2) is 0 Å². The number of carbonyl (C=O) groups excluding carboxylic acids is 1. The Hall–Kier alpha value is -1.39. The van der Waals surface area contributed by atoms with Gasteiger partial charge in [0.2, 0.25) is 5.91 Å². The van der Waals surface area contributed by atoms with E-state index < -0.39 is 0 Å². The quantitative estimate of drug-likeness (QED) is 0.840. The van der Waals surface area contributed by atoms with Crippen molar-refractivity contribution in [1.29, 1.82) is 0 Å². The molecule has 3 aliphatic rings. The standard InChI is InChI=1S/C15H22N4O/c1-10-16-11(2)19(17-10)9-12-4-3-5-18(8-12)14(20)15-6-13(15)7-15/h12-13H,3-9H2,1-2H3. The third-order valence-electron chi connectivity index (χ3n) is 5.31. The Morgan fingerprint density at radius 1 is 1.40 bits per heavy atom. The molecule has 1 unspecified atom stereocenters. The lowest BCUT2D eigenvalue weighted by Crippen LogP contribution is -2.43. The molecular weight excluding hydrogens is 252 g/mol. The summed E-state index contributed by atoms with van der Waals surface area (Å²) >= 11 is 0. The number of aryl methyl sites for hydroxylation is 2. The van der Waals surface area contributed by atoms with Crippen LogP contribution in [0.3, 0.4) is 0 Å². The largest absolute Gasteiger partial charge is 0.342 e. The van der Waals surface area contributed by atoms with Crippen LogP contribution < -0.4 is 0 Å². The van der Waals surface area contributed by atoms with Crippen LogP contribution in [-0.2, 0) is 11.3 Å². The molecule has 4 rings (SSSR count). The number of piperidine rings is 1. The minimum absolute atomic E-state index is 0.127. The fourth-order valence-electron chi connectivity index (χ4n) is 3.74. The third kappa shape index (κ3) is 1.86. The first-order valence-corrected chi connectivity index (χ1v) is 7.76. The summed E-state index contributed by atoms with van der Waals surface area (Å²) in [6.07, 6.45) is 4.64. The lowest BCUT2D eigenvalue weighted by Gasteiger charge is -2.33. The highest BCUT2D eigenvalue weighted by molar-refractivity contribution is 5.90. The van der Waals surface area contributed by atoms with Crippen molar-refractivity contribution < 1.29 is 4.79 Å². The topological polar surface area (TPSA) is 51.0 Å². The average molecular weight is 274 g/mol. The van der Waals surface area contributed by atoms with Crippen LogP contribution in [0, 0.1) is 31.1 Å². The Kier molecular flexibility index (Phi) is 2.51. The SMILES string of the molecule is Cc1nc(C)n(CC2CCCN(C(=O)C34CC3C4)C2)n1. The molecule has 1 atom stereocenters. The number of nitrogens with zero attached hydrogens (tertiary/aromatic N) is 4. The first kappa shape index (κ1) is 12.4. The molecule has 1 aromatic heterocycles. The number of carbonyl (C=O) groups is 1. The number of hydrogen-bond donors (Lipinski definition) is 0. The van der Waals surface area contributed by atoms with E-state index in [2.05, 4.69) is 15.0 Å². The molecule has 1 aliphatic heterocycles. The zero-order valence-electron chi connectivity index (χ0n) is 12.3. The Labute approximate surface area is 119 Å². The summed E-state index contributed by atoms with van der Waals surface area (Å²) in [6, 6.07) is 0. The maximum absolute atomic E-state index is 12.5. The molecule has 2 aliphatic carbocycles. The summed E-state index contributed by atoms with van der Waals surface area (Å²) in [5.41, 5.74) is 0.127. The van der Waals surface area contributed by atoms with Gasteiger partial charge in [-0.2, -0.15) is 5.10 Å². The van der Waals surface area contributed by atoms with Gasteiger partial charge < -0.3 is 4.90 Å². The molecule has 2 heterocycles. The molecule has 0 bridgehead atoms. The fraction of sp³-hybridized carbons (Fsp3) is 0.800. The molecule has 5 heteroatoms. The van der Waals surface area contributed by atoms with E-state index in [4.69, 9.17) is 0 Å². The van der Waals surface area contributed by atoms with E-state index in [1.807, 2.05) is 18.5 Å². The lowest BCUT2D eigenvalue weighted by atomic mass is 9.97. The maximum Gasteiger partial charge on any atom is 0.229 e. The number of aromatic nitrogens is 3. The van der Waals surface area contributed by atoms with Gasteiger partial charge in [0, 0.05) is 19.6 Å². The summed E-state index contributed by atoms with van der Waals surface area (Å²) in [5.74, 6) is 3.53. The number of fused-ring (bicyclic) bond motifs is 1. The van der Waals surface area contributed by atoms with Crippen molar-refractivity contribution in [2.45, 2.75) is 46.1 Å². The van der Waals surface area contributed by atoms with E-state index in [1.54, 1.807) is 0 Å². The lowest BCUT2D eigenvalue weighted by molar-refractivity contribution is -0.136. The van der Waals surface area contributed by atoms with Crippen molar-refractivity contribution in [1.82, 2.24) is 19.7 Å². The van der Waals surface area contributed by atoms with Crippen LogP contribution >= 0.6 is 0 Å². The summed E-state index contributed by atoms with van der Waals surface area (Å²) in [6.45, 7) is 6.70. The van der Waals surface area contributed by atoms with Gasteiger partial charge in [-0.3, -0.25) is 4.79 Å². The zero-order valence-corrected chi connectivity index (χ0v) is 12.3. The smallest absolute Gasteiger partial charge is 0.229 e. The van der Waals surface area contributed by atoms with Crippen molar-refractivity contribution in [3.8, 4) is 0 Å². The molecule has 108 valence electrons. The molecule has 1 aromatic rings. The molecule has 0 radical (unpaired) electrons. The van der Waals surface area contributed by atoms with Gasteiger partial charge in [-0.25, -0.2) is 9.67 Å². The highest BCUT2D eigenvalue weighted by atomic mass is 16.2. The van der Waals surface area contributed by atoms with Gasteiger partial charge in [0.25, 0.3) is 0 Å². The van der Waals surface area contributed by atoms with Gasteiger partial charge in [0.1, 0.15) is 11.6 Å². The minimum Gasteiger partial charge on any atom is -0.342 e. The van der Waals surface area contributed by atoms with E-state index in [-0.39, 0.29) is 5.41 Å². The van der Waals surface area contributed by atoms with E-state index >= 15 is 0 Å². The number of hydrogen-bond acceptors (Lipinski definition) is 3. The molecule has 1 saturated heterocycles. The van der Waals surface area contributed by atoms with Crippen molar-refractivity contribution in [3.63, 3.8) is 0 Å². The summed E-state index contributed by atoms with van der Waals surface area (Å²) < 4.78 is 2.00. The van der Waals surface area contributed by atoms with Crippen molar-refractivity contribution in [2.75, 3.05) is 13.1 Å². The zero-order chi connectivity index (χ0) is 13.9. The Bertz CT molecular complexity index is 558. The Morgan fingerprint density at radius 3 is 2.75 bits per heavy atom. The number of amides is 1. The van der Waals surface area contributed by atoms with Crippen molar-refractivity contribution >= 4 is 5.91 Å². The van der Waals surface area contributed by atoms with Crippen LogP contribution in [-0.4, -0.2) is 38.7 Å². The molecule has 3 fully saturated rings. The monoisotopic (exact) mass is 274 g/mol. The van der Waals surface area contributed by atoms with Gasteiger partial charge in [0.15, 0.2) is 0 Å². The van der Waals surface area contributed by atoms with Crippen molar-refractivity contribution in [3.05, 3.63) is 11.6 Å². The predicted molar refractivity (Wildman–Crippen MR) is 74.0 cm³/mol. The second kappa shape index (κ2) is 4.06. The van der Waals surface area contributed by atoms with Gasteiger partial charge >= 0.3 is 0 Å². The summed E-state index contributed by atoms with van der Waals surface area (Å²) in [5, 5.41) is 4.45. The summed E-state index contributed by atoms with van der Waals surface area (Å²) in [7, 11) is 0. The van der Waals surface area contributed by atoms with Crippen LogP contribution in [0.4, 0.5) is 0 Å². The van der Waals surface area contributed by atoms with Crippen LogP contribution in [0.2, 0.25) is 0 Å². The van der Waals surface area contributed by atoms with E-state index in [0.29, 0.717) is 11.8 Å². The molecule has 1 amide bonds. The molecular formula is C15H22N4O. The van der Waals surface area contributed by atoms with Crippen LogP contribution in [0.1, 0.15) is 37.3 Å². The van der Waals surface area contributed by atoms with E-state index in [0.717, 1.165) is 56.5 Å². The third-order valence-corrected chi connectivity index (χ3v) is 5.31. The van der Waals surface area contributed by atoms with E-state index in [9.17, 15) is 4.79 Å². The molecule has 0 spiro atoms. The number of likely N-dealkylation sites (tertiary alicyclic amines) is 1. The Balaban J connectivity index is 1.41. The predicted octanol–water partition coefficient (Wildman–Crippen LogP) is 1.54. The molecule has 2 saturated carbocycles. The van der Waals surface area contributed by atoms with Crippen molar-refractivity contribution in [2.24, 2.45) is 17.3 Å². The van der Waals surface area contributed by atoms with Crippen LogP contribution in [0.25, 0.3) is 0 Å². The number of rotatable bonds is 3. The van der Waals surface area contributed by atoms with Gasteiger partial charge in [-0.05, 0) is 51.4 Å². The normalized spacial score (nSPS) is 34.8. The molecule has 0 aromatic carbocycles. The highest BCUT2D eigenvalue weighted by Gasteiger charge is 2.75. The molecule has 5 nitrogen and oxygen atoms in total.